The van der Waals surface area contributed by atoms with E-state index in [1.54, 1.807) is 6.07 Å². The van der Waals surface area contributed by atoms with Crippen LogP contribution in [0.5, 0.6) is 0 Å². The first-order valence-corrected chi connectivity index (χ1v) is 4.77. The van der Waals surface area contributed by atoms with Crippen molar-refractivity contribution in [3.63, 3.8) is 0 Å². The fourth-order valence-corrected chi connectivity index (χ4v) is 1.32. The first-order chi connectivity index (χ1) is 8.19. The Morgan fingerprint density at radius 3 is 2.71 bits per heavy atom. The van der Waals surface area contributed by atoms with Crippen molar-refractivity contribution in [2.75, 3.05) is 5.32 Å². The Morgan fingerprint density at radius 2 is 2.00 bits per heavy atom. The van der Waals surface area contributed by atoms with Crippen LogP contribution in [0.2, 0.25) is 0 Å². The third kappa shape index (κ3) is 2.55. The second-order valence-corrected chi connectivity index (χ2v) is 3.29. The Labute approximate surface area is 96.3 Å². The van der Waals surface area contributed by atoms with Crippen LogP contribution in [0.25, 0.3) is 0 Å². The van der Waals surface area contributed by atoms with Gasteiger partial charge in [0.2, 0.25) is 0 Å². The van der Waals surface area contributed by atoms with E-state index in [0.29, 0.717) is 5.69 Å². The molecule has 2 aromatic rings. The van der Waals surface area contributed by atoms with Gasteiger partial charge in [0.25, 0.3) is 0 Å². The molecule has 0 fully saturated rings. The van der Waals surface area contributed by atoms with Crippen LogP contribution in [0.4, 0.5) is 20.2 Å². The zero-order valence-electron chi connectivity index (χ0n) is 8.61. The van der Waals surface area contributed by atoms with Gasteiger partial charge in [-0.05, 0) is 24.3 Å². The molecule has 0 unspecified atom stereocenters. The number of benzene rings is 1. The molecule has 0 aliphatic carbocycles. The number of nitrogens with zero attached hydrogens (tertiary/aromatic N) is 2. The van der Waals surface area contributed by atoms with Gasteiger partial charge < -0.3 is 5.32 Å². The van der Waals surface area contributed by atoms with E-state index in [4.69, 9.17) is 5.26 Å². The van der Waals surface area contributed by atoms with Crippen LogP contribution < -0.4 is 5.32 Å². The lowest BCUT2D eigenvalue weighted by atomic mass is 10.2. The van der Waals surface area contributed by atoms with E-state index in [9.17, 15) is 8.78 Å². The maximum atomic E-state index is 13.3. The summed E-state index contributed by atoms with van der Waals surface area (Å²) in [5.74, 6) is -1.33. The fraction of sp³-hybridized carbons (Fsp3) is 0. The van der Waals surface area contributed by atoms with E-state index in [1.165, 1.54) is 18.3 Å². The molecule has 17 heavy (non-hydrogen) atoms. The van der Waals surface area contributed by atoms with Crippen molar-refractivity contribution < 1.29 is 8.78 Å². The van der Waals surface area contributed by atoms with Gasteiger partial charge in [-0.3, -0.25) is 0 Å². The number of pyridine rings is 1. The van der Waals surface area contributed by atoms with Gasteiger partial charge in [-0.25, -0.2) is 13.8 Å². The summed E-state index contributed by atoms with van der Waals surface area (Å²) in [7, 11) is 0. The predicted molar refractivity (Wildman–Crippen MR) is 58.6 cm³/mol. The number of halogens is 2. The number of anilines is 2. The lowest BCUT2D eigenvalue weighted by Crippen LogP contribution is -1.95. The number of hydrogen-bond donors (Lipinski definition) is 1. The number of rotatable bonds is 2. The summed E-state index contributed by atoms with van der Waals surface area (Å²) >= 11 is 0. The molecule has 3 nitrogen and oxygen atoms in total. The minimum absolute atomic E-state index is 0.140. The van der Waals surface area contributed by atoms with Crippen molar-refractivity contribution in [2.24, 2.45) is 0 Å². The van der Waals surface area contributed by atoms with E-state index >= 15 is 0 Å². The average molecular weight is 231 g/mol. The predicted octanol–water partition coefficient (Wildman–Crippen LogP) is 2.98. The second-order valence-electron chi connectivity index (χ2n) is 3.29. The average Bonchev–Trinajstić information content (AvgIpc) is 2.33. The molecule has 0 aliphatic heterocycles. The maximum Gasteiger partial charge on any atom is 0.149 e. The number of aromatic nitrogens is 1. The molecule has 1 heterocycles. The summed E-state index contributed by atoms with van der Waals surface area (Å²) in [6.07, 6.45) is 1.43. The molecule has 1 aromatic heterocycles. The molecule has 0 saturated carbocycles. The van der Waals surface area contributed by atoms with Crippen LogP contribution in [0, 0.1) is 23.0 Å². The Kier molecular flexibility index (Phi) is 2.97. The highest BCUT2D eigenvalue weighted by Crippen LogP contribution is 2.20. The van der Waals surface area contributed by atoms with Crippen molar-refractivity contribution in [1.82, 2.24) is 4.98 Å². The normalized spacial score (nSPS) is 9.71. The summed E-state index contributed by atoms with van der Waals surface area (Å²) in [5, 5.41) is 11.4. The van der Waals surface area contributed by atoms with Crippen molar-refractivity contribution >= 4 is 11.4 Å². The summed E-state index contributed by atoms with van der Waals surface area (Å²) in [6.45, 7) is 0. The quantitative estimate of drug-likeness (QED) is 0.864. The lowest BCUT2D eigenvalue weighted by Gasteiger charge is -2.07. The minimum Gasteiger partial charge on any atom is -0.353 e. The van der Waals surface area contributed by atoms with Gasteiger partial charge in [-0.15, -0.1) is 0 Å². The Balaban J connectivity index is 2.28. The van der Waals surface area contributed by atoms with Crippen LogP contribution in [0.3, 0.4) is 0 Å². The molecular weight excluding hydrogens is 224 g/mol. The third-order valence-corrected chi connectivity index (χ3v) is 2.08. The van der Waals surface area contributed by atoms with Crippen molar-refractivity contribution in [3.05, 3.63) is 53.9 Å². The molecule has 0 amide bonds. The van der Waals surface area contributed by atoms with Crippen molar-refractivity contribution in [1.29, 1.82) is 5.26 Å². The number of nitriles is 1. The molecule has 0 bridgehead atoms. The first-order valence-electron chi connectivity index (χ1n) is 4.77. The smallest absolute Gasteiger partial charge is 0.149 e. The van der Waals surface area contributed by atoms with Gasteiger partial charge in [-0.1, -0.05) is 0 Å². The number of nitrogens with one attached hydrogen (secondary N) is 1. The van der Waals surface area contributed by atoms with Gasteiger partial charge in [-0.2, -0.15) is 5.26 Å². The van der Waals surface area contributed by atoms with E-state index < -0.39 is 11.6 Å². The lowest BCUT2D eigenvalue weighted by molar-refractivity contribution is 0.586. The topological polar surface area (TPSA) is 48.7 Å². The van der Waals surface area contributed by atoms with E-state index in [1.807, 2.05) is 6.07 Å². The molecule has 1 N–H and O–H groups in total. The van der Waals surface area contributed by atoms with Crippen LogP contribution in [0.1, 0.15) is 5.69 Å². The zero-order chi connectivity index (χ0) is 12.3. The highest BCUT2D eigenvalue weighted by atomic mass is 19.1. The van der Waals surface area contributed by atoms with E-state index in [-0.39, 0.29) is 11.4 Å². The van der Waals surface area contributed by atoms with Crippen molar-refractivity contribution in [3.8, 4) is 6.07 Å². The standard InChI is InChI=1S/C12H7F2N3/c13-8-1-2-12(11(14)5-8)17-9-3-4-16-10(6-9)7-15/h1-6H,(H,16,17). The molecular formula is C12H7F2N3. The van der Waals surface area contributed by atoms with Gasteiger partial charge in [0, 0.05) is 18.0 Å². The summed E-state index contributed by atoms with van der Waals surface area (Å²) in [4.78, 5) is 3.78. The molecule has 5 heteroatoms. The van der Waals surface area contributed by atoms with Gasteiger partial charge in [0.05, 0.1) is 5.69 Å². The van der Waals surface area contributed by atoms with E-state index in [0.717, 1.165) is 12.1 Å². The van der Waals surface area contributed by atoms with E-state index in [2.05, 4.69) is 10.3 Å². The molecule has 0 radical (unpaired) electrons. The monoisotopic (exact) mass is 231 g/mol. The Morgan fingerprint density at radius 1 is 1.18 bits per heavy atom. The van der Waals surface area contributed by atoms with Crippen LogP contribution in [0.15, 0.2) is 36.5 Å². The molecule has 2 rings (SSSR count). The summed E-state index contributed by atoms with van der Waals surface area (Å²) in [6, 6.07) is 8.16. The van der Waals surface area contributed by atoms with Crippen LogP contribution >= 0.6 is 0 Å². The highest BCUT2D eigenvalue weighted by molar-refractivity contribution is 5.60. The molecule has 84 valence electrons. The molecule has 0 saturated heterocycles. The third-order valence-electron chi connectivity index (χ3n) is 2.08. The molecule has 0 atom stereocenters. The molecule has 0 aliphatic rings. The first kappa shape index (κ1) is 11.0. The second kappa shape index (κ2) is 4.58. The Bertz CT molecular complexity index is 591. The zero-order valence-corrected chi connectivity index (χ0v) is 8.61. The van der Waals surface area contributed by atoms with Gasteiger partial charge >= 0.3 is 0 Å². The van der Waals surface area contributed by atoms with Gasteiger partial charge in [0.15, 0.2) is 0 Å². The number of hydrogen-bond acceptors (Lipinski definition) is 3. The highest BCUT2D eigenvalue weighted by Gasteiger charge is 2.04. The Hall–Kier alpha value is -2.48. The van der Waals surface area contributed by atoms with Crippen LogP contribution in [-0.2, 0) is 0 Å². The van der Waals surface area contributed by atoms with Crippen LogP contribution in [-0.4, -0.2) is 4.98 Å². The van der Waals surface area contributed by atoms with Crippen molar-refractivity contribution in [2.45, 2.75) is 0 Å². The summed E-state index contributed by atoms with van der Waals surface area (Å²) < 4.78 is 26.0. The fourth-order valence-electron chi connectivity index (χ4n) is 1.32. The van der Waals surface area contributed by atoms with Gasteiger partial charge in [0.1, 0.15) is 23.4 Å². The SMILES string of the molecule is N#Cc1cc(Nc2ccc(F)cc2F)ccn1. The largest absolute Gasteiger partial charge is 0.353 e. The minimum atomic E-state index is -0.694. The maximum absolute atomic E-state index is 13.3. The summed E-state index contributed by atoms with van der Waals surface area (Å²) in [5.41, 5.74) is 0.876. The molecule has 0 spiro atoms. The molecule has 1 aromatic carbocycles.